The van der Waals surface area contributed by atoms with Crippen molar-refractivity contribution in [1.29, 1.82) is 0 Å². The van der Waals surface area contributed by atoms with Crippen molar-refractivity contribution in [2.75, 3.05) is 15.6 Å². The van der Waals surface area contributed by atoms with Crippen LogP contribution in [0.15, 0.2) is 76.5 Å². The maximum atomic E-state index is 13.2. The zero-order valence-electron chi connectivity index (χ0n) is 17.5. The summed E-state index contributed by atoms with van der Waals surface area (Å²) in [6.45, 7) is 2.29. The molecule has 3 aromatic rings. The average molecular weight is 475 g/mol. The van der Waals surface area contributed by atoms with Crippen LogP contribution in [0.25, 0.3) is 0 Å². The van der Waals surface area contributed by atoms with Crippen LogP contribution in [-0.2, 0) is 32.9 Å². The molecule has 0 aromatic heterocycles. The molecule has 1 aliphatic rings. The van der Waals surface area contributed by atoms with Gasteiger partial charge in [-0.25, -0.2) is 21.2 Å². The molecule has 9 heteroatoms. The van der Waals surface area contributed by atoms with E-state index < -0.39 is 25.9 Å². The molecule has 6 nitrogen and oxygen atoms in total. The molecule has 0 aliphatic carbocycles. The molecule has 32 heavy (non-hydrogen) atoms. The van der Waals surface area contributed by atoms with E-state index in [4.69, 9.17) is 0 Å². The van der Waals surface area contributed by atoms with E-state index in [9.17, 15) is 21.2 Å². The molecule has 0 saturated heterocycles. The molecule has 0 bridgehead atoms. The zero-order valence-corrected chi connectivity index (χ0v) is 19.1. The fourth-order valence-corrected chi connectivity index (χ4v) is 6.32. The van der Waals surface area contributed by atoms with Crippen LogP contribution >= 0.6 is 0 Å². The molecule has 0 fully saturated rings. The van der Waals surface area contributed by atoms with Crippen LogP contribution in [0.4, 0.5) is 15.8 Å². The van der Waals surface area contributed by atoms with Crippen LogP contribution in [0.1, 0.15) is 24.5 Å². The maximum Gasteiger partial charge on any atom is 0.264 e. The lowest BCUT2D eigenvalue weighted by Gasteiger charge is -2.31. The molecule has 0 saturated carbocycles. The second-order valence-electron chi connectivity index (χ2n) is 7.58. The van der Waals surface area contributed by atoms with E-state index in [2.05, 4.69) is 4.72 Å². The molecular weight excluding hydrogens is 451 g/mol. The Morgan fingerprint density at radius 1 is 0.906 bits per heavy atom. The van der Waals surface area contributed by atoms with Crippen molar-refractivity contribution in [2.45, 2.75) is 36.0 Å². The van der Waals surface area contributed by atoms with Crippen molar-refractivity contribution in [2.24, 2.45) is 0 Å². The van der Waals surface area contributed by atoms with Crippen LogP contribution < -0.4 is 9.03 Å². The van der Waals surface area contributed by atoms with Gasteiger partial charge in [-0.3, -0.25) is 9.03 Å². The minimum Gasteiger partial charge on any atom is -0.280 e. The quantitative estimate of drug-likeness (QED) is 0.576. The van der Waals surface area contributed by atoms with Gasteiger partial charge in [0.25, 0.3) is 20.0 Å². The van der Waals surface area contributed by atoms with E-state index >= 15 is 0 Å². The van der Waals surface area contributed by atoms with Crippen molar-refractivity contribution in [3.8, 4) is 0 Å². The van der Waals surface area contributed by atoms with Gasteiger partial charge in [0, 0.05) is 12.2 Å². The van der Waals surface area contributed by atoms with Gasteiger partial charge in [0.15, 0.2) is 0 Å². The first-order valence-electron chi connectivity index (χ1n) is 10.2. The molecule has 0 spiro atoms. The number of aryl methyl sites for hydroxylation is 2. The minimum atomic E-state index is -3.86. The number of halogens is 1. The lowest BCUT2D eigenvalue weighted by molar-refractivity contribution is 0.585. The normalized spacial score (nSPS) is 14.1. The van der Waals surface area contributed by atoms with E-state index in [0.29, 0.717) is 30.8 Å². The number of fused-ring (bicyclic) bond motifs is 1. The van der Waals surface area contributed by atoms with Crippen LogP contribution in [-0.4, -0.2) is 23.4 Å². The highest BCUT2D eigenvalue weighted by Crippen LogP contribution is 2.34. The Balaban J connectivity index is 1.62. The lowest BCUT2D eigenvalue weighted by Crippen LogP contribution is -2.35. The van der Waals surface area contributed by atoms with Gasteiger partial charge in [-0.05, 0) is 85.0 Å². The van der Waals surface area contributed by atoms with Crippen LogP contribution in [0, 0.1) is 5.82 Å². The maximum absolute atomic E-state index is 13.2. The smallest absolute Gasteiger partial charge is 0.264 e. The van der Waals surface area contributed by atoms with E-state index in [-0.39, 0.29) is 9.79 Å². The number of anilines is 2. The number of rotatable bonds is 6. The van der Waals surface area contributed by atoms with E-state index in [1.165, 1.54) is 16.4 Å². The number of sulfonamides is 2. The second-order valence-corrected chi connectivity index (χ2v) is 11.1. The standard InChI is InChI=1S/C23H23FN2O4S2/c1-2-17-5-10-21(11-6-17)31(27,28)25-20-9-14-23-18(16-20)4-3-15-26(23)32(29,30)22-12-7-19(24)8-13-22/h5-14,16,25H,2-4,15H2,1H3. The first-order valence-corrected chi connectivity index (χ1v) is 13.2. The summed E-state index contributed by atoms with van der Waals surface area (Å²) in [6, 6.07) is 16.2. The number of nitrogens with zero attached hydrogens (tertiary/aromatic N) is 1. The molecule has 4 rings (SSSR count). The average Bonchev–Trinajstić information content (AvgIpc) is 2.78. The summed E-state index contributed by atoms with van der Waals surface area (Å²) in [4.78, 5) is 0.167. The van der Waals surface area contributed by atoms with Crippen molar-refractivity contribution in [3.63, 3.8) is 0 Å². The summed E-state index contributed by atoms with van der Waals surface area (Å²) < 4.78 is 68.8. The molecule has 3 aromatic carbocycles. The first kappa shape index (κ1) is 22.3. The Labute approximate surface area is 187 Å². The molecule has 0 unspecified atom stereocenters. The van der Waals surface area contributed by atoms with Gasteiger partial charge in [0.1, 0.15) is 5.82 Å². The van der Waals surface area contributed by atoms with Crippen LogP contribution in [0.3, 0.4) is 0 Å². The SMILES string of the molecule is CCc1ccc(S(=O)(=O)Nc2ccc3c(c2)CCCN3S(=O)(=O)c2ccc(F)cc2)cc1. The minimum absolute atomic E-state index is 0.00653. The molecular formula is C23H23FN2O4S2. The summed E-state index contributed by atoms with van der Waals surface area (Å²) in [7, 11) is -7.63. The van der Waals surface area contributed by atoms with Gasteiger partial charge in [-0.1, -0.05) is 19.1 Å². The summed E-state index contributed by atoms with van der Waals surface area (Å²) in [6.07, 6.45) is 2.02. The molecule has 0 amide bonds. The summed E-state index contributed by atoms with van der Waals surface area (Å²) in [5.74, 6) is -0.510. The highest BCUT2D eigenvalue weighted by atomic mass is 32.2. The van der Waals surface area contributed by atoms with Gasteiger partial charge >= 0.3 is 0 Å². The molecule has 1 aliphatic heterocycles. The Bertz CT molecular complexity index is 1340. The van der Waals surface area contributed by atoms with E-state index in [0.717, 1.165) is 29.7 Å². The largest absolute Gasteiger partial charge is 0.280 e. The predicted molar refractivity (Wildman–Crippen MR) is 122 cm³/mol. The Morgan fingerprint density at radius 2 is 1.56 bits per heavy atom. The van der Waals surface area contributed by atoms with Gasteiger partial charge < -0.3 is 0 Å². The van der Waals surface area contributed by atoms with Crippen molar-refractivity contribution in [3.05, 3.63) is 83.7 Å². The third-order valence-corrected chi connectivity index (χ3v) is 8.68. The number of hydrogen-bond acceptors (Lipinski definition) is 4. The van der Waals surface area contributed by atoms with Crippen LogP contribution in [0.5, 0.6) is 0 Å². The van der Waals surface area contributed by atoms with Gasteiger partial charge in [0.05, 0.1) is 15.5 Å². The Morgan fingerprint density at radius 3 is 2.22 bits per heavy atom. The fraction of sp³-hybridized carbons (Fsp3) is 0.217. The second kappa shape index (κ2) is 8.55. The summed E-state index contributed by atoms with van der Waals surface area (Å²) in [5.41, 5.74) is 2.63. The number of nitrogens with one attached hydrogen (secondary N) is 1. The summed E-state index contributed by atoms with van der Waals surface area (Å²) >= 11 is 0. The van der Waals surface area contributed by atoms with Gasteiger partial charge in [-0.2, -0.15) is 0 Å². The molecule has 168 valence electrons. The monoisotopic (exact) mass is 474 g/mol. The topological polar surface area (TPSA) is 83.6 Å². The Hall–Kier alpha value is -2.91. The van der Waals surface area contributed by atoms with Gasteiger partial charge in [0.2, 0.25) is 0 Å². The predicted octanol–water partition coefficient (Wildman–Crippen LogP) is 4.33. The molecule has 0 atom stereocenters. The van der Waals surface area contributed by atoms with Gasteiger partial charge in [-0.15, -0.1) is 0 Å². The number of benzene rings is 3. The van der Waals surface area contributed by atoms with E-state index in [1.807, 2.05) is 6.92 Å². The molecule has 1 heterocycles. The third-order valence-electron chi connectivity index (χ3n) is 5.45. The van der Waals surface area contributed by atoms with Crippen molar-refractivity contribution < 1.29 is 21.2 Å². The fourth-order valence-electron chi connectivity index (χ4n) is 3.73. The zero-order chi connectivity index (χ0) is 22.9. The number of hydrogen-bond donors (Lipinski definition) is 1. The molecule has 0 radical (unpaired) electrons. The van der Waals surface area contributed by atoms with Crippen molar-refractivity contribution >= 4 is 31.4 Å². The van der Waals surface area contributed by atoms with Crippen LogP contribution in [0.2, 0.25) is 0 Å². The third kappa shape index (κ3) is 4.35. The first-order chi connectivity index (χ1) is 15.2. The van der Waals surface area contributed by atoms with Crippen molar-refractivity contribution in [1.82, 2.24) is 0 Å². The highest BCUT2D eigenvalue weighted by Gasteiger charge is 2.29. The molecule has 1 N–H and O–H groups in total. The summed E-state index contributed by atoms with van der Waals surface area (Å²) in [5, 5.41) is 0. The highest BCUT2D eigenvalue weighted by molar-refractivity contribution is 7.93. The Kier molecular flexibility index (Phi) is 5.96. The lowest BCUT2D eigenvalue weighted by atomic mass is 10.0. The van der Waals surface area contributed by atoms with E-state index in [1.54, 1.807) is 42.5 Å².